The molecule has 0 aromatic carbocycles. The third kappa shape index (κ3) is 3.44. The fourth-order valence-corrected chi connectivity index (χ4v) is 2.18. The van der Waals surface area contributed by atoms with Gasteiger partial charge in [0.25, 0.3) is 0 Å². The highest BCUT2D eigenvalue weighted by atomic mass is 35.5. The minimum absolute atomic E-state index is 0. The maximum absolute atomic E-state index is 5.92. The van der Waals surface area contributed by atoms with Gasteiger partial charge < -0.3 is 5.73 Å². The van der Waals surface area contributed by atoms with Crippen LogP contribution in [0.1, 0.15) is 18.9 Å². The molecule has 2 heterocycles. The highest BCUT2D eigenvalue weighted by Gasteiger charge is 2.24. The van der Waals surface area contributed by atoms with Crippen LogP contribution < -0.4 is 5.73 Å². The van der Waals surface area contributed by atoms with E-state index in [1.54, 1.807) is 0 Å². The normalized spacial score (nSPS) is 22.8. The molecule has 0 amide bonds. The van der Waals surface area contributed by atoms with Gasteiger partial charge in [-0.3, -0.25) is 9.88 Å². The van der Waals surface area contributed by atoms with Gasteiger partial charge in [-0.15, -0.1) is 12.4 Å². The van der Waals surface area contributed by atoms with Gasteiger partial charge >= 0.3 is 0 Å². The summed E-state index contributed by atoms with van der Waals surface area (Å²) in [5.74, 6) is 0.673. The quantitative estimate of drug-likeness (QED) is 0.876. The zero-order valence-corrected chi connectivity index (χ0v) is 10.5. The highest BCUT2D eigenvalue weighted by molar-refractivity contribution is 5.85. The van der Waals surface area contributed by atoms with Crippen LogP contribution >= 0.6 is 12.4 Å². The second kappa shape index (κ2) is 6.18. The first kappa shape index (κ1) is 13.4. The molecule has 1 aliphatic rings. The Kier molecular flexibility index (Phi) is 5.19. The molecule has 90 valence electrons. The van der Waals surface area contributed by atoms with Crippen LogP contribution in [0.15, 0.2) is 24.5 Å². The molecular formula is C12H20ClN3. The number of hydrogen-bond donors (Lipinski definition) is 1. The van der Waals surface area contributed by atoms with E-state index in [4.69, 9.17) is 5.73 Å². The minimum Gasteiger partial charge on any atom is -0.328 e. The van der Waals surface area contributed by atoms with Gasteiger partial charge in [-0.1, -0.05) is 0 Å². The summed E-state index contributed by atoms with van der Waals surface area (Å²) in [7, 11) is 0. The van der Waals surface area contributed by atoms with E-state index < -0.39 is 0 Å². The maximum atomic E-state index is 5.92. The minimum atomic E-state index is 0. The Morgan fingerprint density at radius 3 is 2.75 bits per heavy atom. The summed E-state index contributed by atoms with van der Waals surface area (Å²) in [5, 5.41) is 0. The number of nitrogens with zero attached hydrogens (tertiary/aromatic N) is 2. The summed E-state index contributed by atoms with van der Waals surface area (Å²) >= 11 is 0. The van der Waals surface area contributed by atoms with E-state index in [0.29, 0.717) is 12.0 Å². The lowest BCUT2D eigenvalue weighted by Crippen LogP contribution is -2.29. The van der Waals surface area contributed by atoms with Gasteiger partial charge in [0.1, 0.15) is 0 Å². The Hall–Kier alpha value is -0.640. The highest BCUT2D eigenvalue weighted by Crippen LogP contribution is 2.20. The van der Waals surface area contributed by atoms with E-state index in [1.807, 2.05) is 12.4 Å². The number of aromatic nitrogens is 1. The van der Waals surface area contributed by atoms with Crippen LogP contribution in [0.4, 0.5) is 0 Å². The number of halogens is 1. The van der Waals surface area contributed by atoms with Crippen molar-refractivity contribution >= 4 is 12.4 Å². The van der Waals surface area contributed by atoms with E-state index >= 15 is 0 Å². The molecule has 1 saturated heterocycles. The molecule has 2 unspecified atom stereocenters. The Morgan fingerprint density at radius 2 is 2.19 bits per heavy atom. The van der Waals surface area contributed by atoms with Crippen LogP contribution in [0.2, 0.25) is 0 Å². The lowest BCUT2D eigenvalue weighted by Gasteiger charge is -2.17. The average Bonchev–Trinajstić information content (AvgIpc) is 2.68. The molecule has 2 atom stereocenters. The van der Waals surface area contributed by atoms with Gasteiger partial charge in [0, 0.05) is 31.5 Å². The molecule has 0 aliphatic carbocycles. The number of rotatable bonds is 3. The summed E-state index contributed by atoms with van der Waals surface area (Å²) < 4.78 is 0. The van der Waals surface area contributed by atoms with Crippen molar-refractivity contribution in [1.29, 1.82) is 0 Å². The van der Waals surface area contributed by atoms with Crippen molar-refractivity contribution in [3.8, 4) is 0 Å². The number of hydrogen-bond acceptors (Lipinski definition) is 3. The Bertz CT molecular complexity index is 302. The standard InChI is InChI=1S/C12H19N3.ClH/c1-10(13)12-4-7-15(9-12)8-11-2-5-14-6-3-11;/h2-3,5-6,10,12H,4,7-9,13H2,1H3;1H. The molecule has 1 aliphatic heterocycles. The fourth-order valence-electron chi connectivity index (χ4n) is 2.18. The summed E-state index contributed by atoms with van der Waals surface area (Å²) in [5.41, 5.74) is 7.26. The van der Waals surface area contributed by atoms with Gasteiger partial charge in [0.15, 0.2) is 0 Å². The molecule has 0 saturated carbocycles. The molecule has 1 aromatic heterocycles. The van der Waals surface area contributed by atoms with Crippen molar-refractivity contribution in [3.63, 3.8) is 0 Å². The molecule has 1 fully saturated rings. The lowest BCUT2D eigenvalue weighted by atomic mass is 10.0. The largest absolute Gasteiger partial charge is 0.328 e. The predicted octanol–water partition coefficient (Wildman–Crippen LogP) is 1.67. The SMILES string of the molecule is CC(N)C1CCN(Cc2ccncc2)C1.Cl. The zero-order valence-electron chi connectivity index (χ0n) is 9.67. The van der Waals surface area contributed by atoms with E-state index in [1.165, 1.54) is 18.5 Å². The van der Waals surface area contributed by atoms with Gasteiger partial charge in [-0.2, -0.15) is 0 Å². The first-order valence-corrected chi connectivity index (χ1v) is 5.62. The molecule has 0 radical (unpaired) electrons. The number of likely N-dealkylation sites (tertiary alicyclic amines) is 1. The average molecular weight is 242 g/mol. The number of pyridine rings is 1. The lowest BCUT2D eigenvalue weighted by molar-refractivity contribution is 0.308. The van der Waals surface area contributed by atoms with Crippen molar-refractivity contribution in [3.05, 3.63) is 30.1 Å². The Labute approximate surface area is 103 Å². The Balaban J connectivity index is 0.00000128. The van der Waals surface area contributed by atoms with Crippen molar-refractivity contribution in [2.45, 2.75) is 25.9 Å². The summed E-state index contributed by atoms with van der Waals surface area (Å²) in [4.78, 5) is 6.50. The van der Waals surface area contributed by atoms with Gasteiger partial charge in [0.2, 0.25) is 0 Å². The second-order valence-electron chi connectivity index (χ2n) is 4.50. The molecule has 3 nitrogen and oxygen atoms in total. The van der Waals surface area contributed by atoms with Crippen LogP contribution in [0.25, 0.3) is 0 Å². The summed E-state index contributed by atoms with van der Waals surface area (Å²) in [6.45, 7) is 5.46. The van der Waals surface area contributed by atoms with E-state index in [2.05, 4.69) is 28.9 Å². The molecule has 0 bridgehead atoms. The van der Waals surface area contributed by atoms with E-state index in [-0.39, 0.29) is 12.4 Å². The van der Waals surface area contributed by atoms with Crippen LogP contribution in [-0.4, -0.2) is 29.0 Å². The summed E-state index contributed by atoms with van der Waals surface area (Å²) in [6.07, 6.45) is 4.95. The van der Waals surface area contributed by atoms with Crippen molar-refractivity contribution < 1.29 is 0 Å². The monoisotopic (exact) mass is 241 g/mol. The van der Waals surface area contributed by atoms with Crippen LogP contribution in [0.5, 0.6) is 0 Å². The van der Waals surface area contributed by atoms with Crippen molar-refractivity contribution in [2.75, 3.05) is 13.1 Å². The predicted molar refractivity (Wildman–Crippen MR) is 68.5 cm³/mol. The molecule has 2 rings (SSSR count). The first-order chi connectivity index (χ1) is 7.25. The fraction of sp³-hybridized carbons (Fsp3) is 0.583. The summed E-state index contributed by atoms with van der Waals surface area (Å²) in [6, 6.07) is 4.49. The maximum Gasteiger partial charge on any atom is 0.0271 e. The Morgan fingerprint density at radius 1 is 1.50 bits per heavy atom. The third-order valence-corrected chi connectivity index (χ3v) is 3.21. The molecule has 4 heteroatoms. The van der Waals surface area contributed by atoms with E-state index in [0.717, 1.165) is 13.1 Å². The van der Waals surface area contributed by atoms with Gasteiger partial charge in [-0.25, -0.2) is 0 Å². The third-order valence-electron chi connectivity index (χ3n) is 3.21. The smallest absolute Gasteiger partial charge is 0.0271 e. The van der Waals surface area contributed by atoms with Gasteiger partial charge in [0.05, 0.1) is 0 Å². The molecule has 0 spiro atoms. The van der Waals surface area contributed by atoms with Crippen LogP contribution in [0, 0.1) is 5.92 Å². The molecular weight excluding hydrogens is 222 g/mol. The second-order valence-corrected chi connectivity index (χ2v) is 4.50. The van der Waals surface area contributed by atoms with Crippen molar-refractivity contribution in [2.24, 2.45) is 11.7 Å². The topological polar surface area (TPSA) is 42.1 Å². The molecule has 16 heavy (non-hydrogen) atoms. The van der Waals surface area contributed by atoms with E-state index in [9.17, 15) is 0 Å². The first-order valence-electron chi connectivity index (χ1n) is 5.62. The molecule has 1 aromatic rings. The van der Waals surface area contributed by atoms with Gasteiger partial charge in [-0.05, 0) is 43.5 Å². The zero-order chi connectivity index (χ0) is 10.7. The van der Waals surface area contributed by atoms with Crippen LogP contribution in [-0.2, 0) is 6.54 Å². The number of nitrogens with two attached hydrogens (primary N) is 1. The molecule has 2 N–H and O–H groups in total. The van der Waals surface area contributed by atoms with Crippen LogP contribution in [0.3, 0.4) is 0 Å². The van der Waals surface area contributed by atoms with Crippen molar-refractivity contribution in [1.82, 2.24) is 9.88 Å².